The molecule has 0 spiro atoms. The highest BCUT2D eigenvalue weighted by molar-refractivity contribution is 6.30. The summed E-state index contributed by atoms with van der Waals surface area (Å²) in [5.74, 6) is -1.52. The van der Waals surface area contributed by atoms with Crippen LogP contribution in [0.15, 0.2) is 60.7 Å². The van der Waals surface area contributed by atoms with Crippen molar-refractivity contribution in [1.29, 1.82) is 0 Å². The molecule has 3 aromatic carbocycles. The number of benzene rings is 3. The zero-order chi connectivity index (χ0) is 26.4. The van der Waals surface area contributed by atoms with Gasteiger partial charge >= 0.3 is 5.97 Å². The van der Waals surface area contributed by atoms with E-state index < -0.39 is 5.97 Å². The van der Waals surface area contributed by atoms with E-state index in [2.05, 4.69) is 0 Å². The van der Waals surface area contributed by atoms with E-state index in [1.807, 2.05) is 64.1 Å². The van der Waals surface area contributed by atoms with Gasteiger partial charge in [0.2, 0.25) is 5.91 Å². The third-order valence-corrected chi connectivity index (χ3v) is 6.37. The quantitative estimate of drug-likeness (QED) is 0.379. The van der Waals surface area contributed by atoms with Crippen LogP contribution in [0.2, 0.25) is 5.02 Å². The maximum absolute atomic E-state index is 13.9. The number of para-hydroxylation sites is 2. The zero-order valence-electron chi connectivity index (χ0n) is 21.0. The van der Waals surface area contributed by atoms with Gasteiger partial charge in [-0.3, -0.25) is 19.3 Å². The summed E-state index contributed by atoms with van der Waals surface area (Å²) >= 11 is 6.03. The Labute approximate surface area is 217 Å². The molecule has 0 aliphatic heterocycles. The number of amides is 2. The Balaban J connectivity index is 2.04. The Morgan fingerprint density at radius 2 is 1.22 bits per heavy atom. The molecule has 188 valence electrons. The monoisotopic (exact) mass is 506 g/mol. The van der Waals surface area contributed by atoms with Crippen LogP contribution in [0.1, 0.15) is 45.5 Å². The first-order valence-corrected chi connectivity index (χ1v) is 12.2. The van der Waals surface area contributed by atoms with Crippen molar-refractivity contribution in [1.82, 2.24) is 0 Å². The van der Waals surface area contributed by atoms with Crippen LogP contribution >= 0.6 is 11.6 Å². The molecule has 1 N–H and O–H groups in total. The summed E-state index contributed by atoms with van der Waals surface area (Å²) in [5.41, 5.74) is 5.39. The SMILES string of the molecule is Cc1cccc(C)c1N(CCCC(=O)O)C(=O)CN(C(=O)c1ccc(Cl)cc1)c1c(C)cccc1C. The fraction of sp³-hybridized carbons (Fsp3) is 0.276. The average molecular weight is 507 g/mol. The van der Waals surface area contributed by atoms with Gasteiger partial charge in [-0.2, -0.15) is 0 Å². The lowest BCUT2D eigenvalue weighted by atomic mass is 10.1. The highest BCUT2D eigenvalue weighted by Crippen LogP contribution is 2.29. The molecule has 0 aliphatic carbocycles. The predicted molar refractivity (Wildman–Crippen MR) is 144 cm³/mol. The maximum Gasteiger partial charge on any atom is 0.303 e. The van der Waals surface area contributed by atoms with E-state index in [1.165, 1.54) is 4.90 Å². The molecule has 0 radical (unpaired) electrons. The van der Waals surface area contributed by atoms with Crippen LogP contribution in [0.3, 0.4) is 0 Å². The Morgan fingerprint density at radius 3 is 1.69 bits per heavy atom. The number of anilines is 2. The third-order valence-electron chi connectivity index (χ3n) is 6.12. The highest BCUT2D eigenvalue weighted by atomic mass is 35.5. The smallest absolute Gasteiger partial charge is 0.303 e. The lowest BCUT2D eigenvalue weighted by Gasteiger charge is -2.31. The number of carbonyl (C=O) groups is 3. The van der Waals surface area contributed by atoms with Crippen molar-refractivity contribution >= 4 is 40.8 Å². The standard InChI is InChI=1S/C29H31ClN2O4/c1-19-8-5-9-20(2)27(19)31(17-7-12-26(34)35)25(33)18-32(28-21(3)10-6-11-22(28)4)29(36)23-13-15-24(30)16-14-23/h5-6,8-11,13-16H,7,12,17-18H2,1-4H3,(H,34,35). The van der Waals surface area contributed by atoms with Gasteiger partial charge in [-0.05, 0) is 80.6 Å². The Bertz CT molecular complexity index is 1230. The third kappa shape index (κ3) is 6.32. The van der Waals surface area contributed by atoms with Gasteiger partial charge < -0.3 is 10.0 Å². The van der Waals surface area contributed by atoms with Crippen LogP contribution in [0.25, 0.3) is 0 Å². The molecular weight excluding hydrogens is 476 g/mol. The molecule has 6 nitrogen and oxygen atoms in total. The Hall–Kier alpha value is -3.64. The molecule has 0 unspecified atom stereocenters. The summed E-state index contributed by atoms with van der Waals surface area (Å²) in [4.78, 5) is 41.9. The molecule has 0 atom stereocenters. The van der Waals surface area contributed by atoms with Gasteiger partial charge in [-0.25, -0.2) is 0 Å². The van der Waals surface area contributed by atoms with E-state index in [4.69, 9.17) is 16.7 Å². The number of carbonyl (C=O) groups excluding carboxylic acids is 2. The van der Waals surface area contributed by atoms with E-state index in [0.717, 1.165) is 27.9 Å². The minimum atomic E-state index is -0.918. The molecule has 0 saturated carbocycles. The number of hydrogen-bond acceptors (Lipinski definition) is 3. The summed E-state index contributed by atoms with van der Waals surface area (Å²) in [6.07, 6.45) is 0.238. The second-order valence-electron chi connectivity index (χ2n) is 8.92. The molecular formula is C29H31ClN2O4. The number of hydrogen-bond donors (Lipinski definition) is 1. The van der Waals surface area contributed by atoms with Crippen molar-refractivity contribution < 1.29 is 19.5 Å². The van der Waals surface area contributed by atoms with Gasteiger partial charge in [0.05, 0.1) is 5.69 Å². The van der Waals surface area contributed by atoms with Crippen LogP contribution in [0, 0.1) is 27.7 Å². The summed E-state index contributed by atoms with van der Waals surface area (Å²) in [6.45, 7) is 7.68. The van der Waals surface area contributed by atoms with Crippen molar-refractivity contribution in [3.8, 4) is 0 Å². The van der Waals surface area contributed by atoms with Gasteiger partial charge in [0.1, 0.15) is 6.54 Å². The van der Waals surface area contributed by atoms with Crippen molar-refractivity contribution in [2.75, 3.05) is 22.9 Å². The van der Waals surface area contributed by atoms with Crippen LogP contribution in [0.4, 0.5) is 11.4 Å². The molecule has 0 saturated heterocycles. The largest absolute Gasteiger partial charge is 0.481 e. The number of carboxylic acid groups (broad SMARTS) is 1. The van der Waals surface area contributed by atoms with E-state index >= 15 is 0 Å². The minimum Gasteiger partial charge on any atom is -0.481 e. The van der Waals surface area contributed by atoms with E-state index in [1.54, 1.807) is 29.2 Å². The summed E-state index contributed by atoms with van der Waals surface area (Å²) in [7, 11) is 0. The maximum atomic E-state index is 13.9. The molecule has 0 bridgehead atoms. The molecule has 0 heterocycles. The first-order chi connectivity index (χ1) is 17.1. The van der Waals surface area contributed by atoms with Crippen molar-refractivity contribution in [2.24, 2.45) is 0 Å². The molecule has 0 fully saturated rings. The molecule has 7 heteroatoms. The fourth-order valence-electron chi connectivity index (χ4n) is 4.43. The number of nitrogens with zero attached hydrogens (tertiary/aromatic N) is 2. The van der Waals surface area contributed by atoms with Gasteiger partial charge in [-0.1, -0.05) is 48.0 Å². The molecule has 0 aromatic heterocycles. The topological polar surface area (TPSA) is 77.9 Å². The number of rotatable bonds is 9. The van der Waals surface area contributed by atoms with Crippen LogP contribution in [-0.2, 0) is 9.59 Å². The van der Waals surface area contributed by atoms with Crippen molar-refractivity contribution in [2.45, 2.75) is 40.5 Å². The second kappa shape index (κ2) is 11.9. The molecule has 2 amide bonds. The van der Waals surface area contributed by atoms with Crippen LogP contribution < -0.4 is 9.80 Å². The van der Waals surface area contributed by atoms with Gasteiger partial charge in [0.25, 0.3) is 5.91 Å². The Morgan fingerprint density at radius 1 is 0.750 bits per heavy atom. The Kier molecular flexibility index (Phi) is 8.88. The number of halogens is 1. The van der Waals surface area contributed by atoms with Crippen LogP contribution in [0.5, 0.6) is 0 Å². The summed E-state index contributed by atoms with van der Waals surface area (Å²) in [6, 6.07) is 18.1. The van der Waals surface area contributed by atoms with E-state index in [0.29, 0.717) is 22.7 Å². The second-order valence-corrected chi connectivity index (χ2v) is 9.36. The van der Waals surface area contributed by atoms with E-state index in [9.17, 15) is 14.4 Å². The highest BCUT2D eigenvalue weighted by Gasteiger charge is 2.28. The average Bonchev–Trinajstić information content (AvgIpc) is 2.82. The minimum absolute atomic E-state index is 0.0565. The number of carboxylic acids is 1. The van der Waals surface area contributed by atoms with E-state index in [-0.39, 0.29) is 31.3 Å². The first kappa shape index (κ1) is 27.0. The summed E-state index contributed by atoms with van der Waals surface area (Å²) in [5, 5.41) is 9.67. The predicted octanol–water partition coefficient (Wildman–Crippen LogP) is 6.12. The normalized spacial score (nSPS) is 10.7. The zero-order valence-corrected chi connectivity index (χ0v) is 21.8. The lowest BCUT2D eigenvalue weighted by Crippen LogP contribution is -2.44. The van der Waals surface area contributed by atoms with Crippen molar-refractivity contribution in [3.63, 3.8) is 0 Å². The molecule has 36 heavy (non-hydrogen) atoms. The molecule has 0 aliphatic rings. The number of aryl methyl sites for hydroxylation is 4. The molecule has 3 rings (SSSR count). The van der Waals surface area contributed by atoms with Gasteiger partial charge in [-0.15, -0.1) is 0 Å². The molecule has 3 aromatic rings. The first-order valence-electron chi connectivity index (χ1n) is 11.8. The summed E-state index contributed by atoms with van der Waals surface area (Å²) < 4.78 is 0. The number of aliphatic carboxylic acids is 1. The fourth-order valence-corrected chi connectivity index (χ4v) is 4.56. The van der Waals surface area contributed by atoms with Crippen molar-refractivity contribution in [3.05, 3.63) is 93.5 Å². The van der Waals surface area contributed by atoms with Gasteiger partial charge in [0.15, 0.2) is 0 Å². The van der Waals surface area contributed by atoms with Crippen LogP contribution in [-0.4, -0.2) is 36.0 Å². The van der Waals surface area contributed by atoms with Gasteiger partial charge in [0, 0.05) is 29.2 Å². The lowest BCUT2D eigenvalue weighted by molar-refractivity contribution is -0.137.